The highest BCUT2D eigenvalue weighted by Gasteiger charge is 2.71. The average molecular weight is 1620 g/mol. The van der Waals surface area contributed by atoms with Crippen molar-refractivity contribution in [1.82, 2.24) is 0 Å². The fourth-order valence-corrected chi connectivity index (χ4v) is 23.1. The Hall–Kier alpha value is -1.95. The Morgan fingerprint density at radius 1 is 0.398 bits per heavy atom. The van der Waals surface area contributed by atoms with Crippen LogP contribution in [0.2, 0.25) is 0 Å². The van der Waals surface area contributed by atoms with E-state index in [9.17, 15) is 0 Å². The second-order valence-electron chi connectivity index (χ2n) is 34.8. The van der Waals surface area contributed by atoms with E-state index in [2.05, 4.69) is 47.6 Å². The molecule has 0 spiro atoms. The van der Waals surface area contributed by atoms with Gasteiger partial charge in [-0.2, -0.15) is 0 Å². The van der Waals surface area contributed by atoms with Gasteiger partial charge in [0.2, 0.25) is 6.29 Å². The number of methoxy groups -OCH3 is 18. The number of hydrogen-bond acceptors (Lipinski definition) is 31. The number of ether oxygens (including phenoxy) is 30. The maximum Gasteiger partial charge on any atom is 0.315 e. The molecule has 0 amide bonds. The van der Waals surface area contributed by atoms with E-state index in [0.29, 0.717) is 25.9 Å². The van der Waals surface area contributed by atoms with Crippen LogP contribution in [0.25, 0.3) is 0 Å². The Morgan fingerprint density at radius 3 is 1.37 bits per heavy atom. The first-order valence-electron chi connectivity index (χ1n) is 40.6. The van der Waals surface area contributed by atoms with Gasteiger partial charge in [0, 0.05) is 133 Å². The topological polar surface area (TPSA) is 294 Å². The predicted octanol–water partition coefficient (Wildman–Crippen LogP) is 6.67. The Bertz CT molecular complexity index is 2990. The fourth-order valence-electron chi connectivity index (χ4n) is 23.1. The Morgan fingerprint density at radius 2 is 0.850 bits per heavy atom. The minimum absolute atomic E-state index is 0.0150. The highest BCUT2D eigenvalue weighted by molar-refractivity contribution is 5.79. The first-order chi connectivity index (χ1) is 54.2. The van der Waals surface area contributed by atoms with Crippen molar-refractivity contribution in [3.63, 3.8) is 0 Å². The first kappa shape index (κ1) is 91.8. The number of fused-ring (bicyclic) bond motifs is 7. The normalized spacial score (nSPS) is 48.0. The molecule has 2 unspecified atom stereocenters. The SMILES string of the molecule is COC[C@H]1O[C@@H](O[C@H]2[C@H](OC)[C@@H](OC)[C@H](O[C@@H]3[C@@H](OC)[C@H](C)O[C@@H](O[C@H]4[C@H](O[C@H]5CC[C@@]6(C)C(CC[C@]7(C)[C@@H]6CC=C6C8CC(C)(C)CC[C@]8(C(=O)O[C@@H]8OC[C@@H](O[C@@H]9O[C@H](COC)[C@@H](OC)[C@H](OC)[C@H]9OC)[C@H](OC)[C@H]8OC)CC[C@]67C)[C@]5(C)COC)OC[C@@H](OC)[C@@H]4OC)[C@@H]3OC)O[C@@H]2COC)[C@H](OC)[C@@H](OC)[C@@H]1OC. The molecule has 113 heavy (non-hydrogen) atoms. The molecule has 654 valence electrons. The number of hydrogen-bond donors (Lipinski definition) is 0. The van der Waals surface area contributed by atoms with Gasteiger partial charge in [-0.25, -0.2) is 0 Å². The van der Waals surface area contributed by atoms with Crippen LogP contribution in [0.3, 0.4) is 0 Å². The van der Waals surface area contributed by atoms with E-state index < -0.39 is 183 Å². The molecule has 31 heteroatoms. The van der Waals surface area contributed by atoms with Gasteiger partial charge in [-0.15, -0.1) is 0 Å². The summed E-state index contributed by atoms with van der Waals surface area (Å²) in [5.41, 5.74) is -0.485. The Labute approximate surface area is 670 Å². The monoisotopic (exact) mass is 1620 g/mol. The van der Waals surface area contributed by atoms with Gasteiger partial charge in [0.05, 0.1) is 57.3 Å². The van der Waals surface area contributed by atoms with Crippen LogP contribution in [-0.4, -0.2) is 352 Å². The van der Waals surface area contributed by atoms with Gasteiger partial charge in [0.1, 0.15) is 128 Å². The number of rotatable bonds is 34. The smallest absolute Gasteiger partial charge is 0.315 e. The summed E-state index contributed by atoms with van der Waals surface area (Å²) in [5, 5.41) is 0. The van der Waals surface area contributed by atoms with Crippen molar-refractivity contribution in [3.8, 4) is 0 Å². The summed E-state index contributed by atoms with van der Waals surface area (Å²) < 4.78 is 191. The second-order valence-corrected chi connectivity index (χ2v) is 34.8. The predicted molar refractivity (Wildman–Crippen MR) is 402 cm³/mol. The van der Waals surface area contributed by atoms with Crippen LogP contribution in [-0.2, 0) is 147 Å². The molecular formula is C82H140O31. The lowest BCUT2D eigenvalue weighted by Crippen LogP contribution is -2.68. The molecule has 6 aliphatic heterocycles. The molecule has 4 saturated carbocycles. The van der Waals surface area contributed by atoms with Crippen LogP contribution >= 0.6 is 0 Å². The van der Waals surface area contributed by atoms with E-state index >= 15 is 4.79 Å². The van der Waals surface area contributed by atoms with Crippen LogP contribution < -0.4 is 0 Å². The molecule has 0 N–H and O–H groups in total. The van der Waals surface area contributed by atoms with E-state index in [1.165, 1.54) is 5.57 Å². The maximum absolute atomic E-state index is 15.7. The molecule has 0 aromatic rings. The first-order valence-corrected chi connectivity index (χ1v) is 40.6. The number of carbonyl (C=O) groups is 1. The lowest BCUT2D eigenvalue weighted by Gasteiger charge is -2.71. The van der Waals surface area contributed by atoms with Crippen molar-refractivity contribution < 1.29 is 147 Å². The summed E-state index contributed by atoms with van der Waals surface area (Å²) in [6.07, 6.45) is -11.7. The highest BCUT2D eigenvalue weighted by Crippen LogP contribution is 2.76. The van der Waals surface area contributed by atoms with Gasteiger partial charge >= 0.3 is 5.97 Å². The number of esters is 1. The van der Waals surface area contributed by atoms with Gasteiger partial charge in [0.15, 0.2) is 31.5 Å². The fraction of sp³-hybridized carbons (Fsp3) is 0.963. The molecule has 10 fully saturated rings. The molecule has 11 aliphatic rings. The zero-order valence-electron chi connectivity index (χ0n) is 72.0. The van der Waals surface area contributed by atoms with Gasteiger partial charge in [-0.3, -0.25) is 4.79 Å². The van der Waals surface area contributed by atoms with Crippen molar-refractivity contribution in [2.45, 2.75) is 291 Å². The van der Waals surface area contributed by atoms with Crippen LogP contribution in [0.4, 0.5) is 0 Å². The Kier molecular flexibility index (Phi) is 31.7. The van der Waals surface area contributed by atoms with E-state index in [0.717, 1.165) is 44.9 Å². The van der Waals surface area contributed by atoms with E-state index in [4.69, 9.17) is 142 Å². The highest BCUT2D eigenvalue weighted by atomic mass is 16.8. The van der Waals surface area contributed by atoms with Crippen LogP contribution in [0.5, 0.6) is 0 Å². The molecule has 37 atom stereocenters. The summed E-state index contributed by atoms with van der Waals surface area (Å²) in [4.78, 5) is 15.7. The van der Waals surface area contributed by atoms with E-state index in [-0.39, 0.29) is 84.5 Å². The van der Waals surface area contributed by atoms with Crippen LogP contribution in [0.15, 0.2) is 11.6 Å². The van der Waals surface area contributed by atoms with Gasteiger partial charge in [0.25, 0.3) is 0 Å². The summed E-state index contributed by atoms with van der Waals surface area (Å²) in [6.45, 7) is 17.6. The third kappa shape index (κ3) is 17.1. The van der Waals surface area contributed by atoms with E-state index in [1.807, 2.05) is 6.92 Å². The van der Waals surface area contributed by atoms with Crippen molar-refractivity contribution in [2.24, 2.45) is 50.2 Å². The molecule has 0 aromatic carbocycles. The largest absolute Gasteiger partial charge is 0.432 e. The standard InChI is InChI=1S/C82H140O31/c1-43-54(89-13)63(111-75-67(100-24)62(96-20)59(49(107-75)39-86-10)110-74-66(99-23)61(95-19)57(92-16)48(106-74)38-85-9)68(101-25)72(104-43)112-69-55(90-14)46(88-12)40-102-71(69)109-53-29-30-78(4)51(79(53,5)42-87-11)28-31-81(7)52(78)27-26-44-45-36-77(2,3)32-34-82(45,35-33-80(44,81)6)76(83)113-70-64(97-21)58(93-17)50(41-103-70)108-73-65(98-22)60(94-18)56(91-15)47(105-73)37-84-8/h26,43,45-75H,27-42H2,1-25H3/t43-,45?,46+,47+,48+,49+,50+,51?,52+,53-,54-,55-,56+,57+,58-,59+,60-,61-,62-,63+,64+,65+,66+,67+,68+,69+,70-,71-,72-,73-,74-,75-,78-,79-,80+,81+,82-/m0/s1. The zero-order valence-corrected chi connectivity index (χ0v) is 72.0. The second kappa shape index (κ2) is 39.1. The maximum atomic E-state index is 15.7. The molecule has 0 radical (unpaired) electrons. The van der Waals surface area contributed by atoms with E-state index in [1.54, 1.807) is 128 Å². The van der Waals surface area contributed by atoms with Crippen molar-refractivity contribution in [1.29, 1.82) is 0 Å². The quantitative estimate of drug-likeness (QED) is 0.0369. The lowest BCUT2D eigenvalue weighted by atomic mass is 9.33. The molecule has 6 saturated heterocycles. The molecule has 0 bridgehead atoms. The molecule has 5 aliphatic carbocycles. The van der Waals surface area contributed by atoms with Gasteiger partial charge < -0.3 is 142 Å². The average Bonchev–Trinajstić information content (AvgIpc) is 0.673. The zero-order chi connectivity index (χ0) is 81.9. The number of allylic oxidation sites excluding steroid dienone is 2. The molecule has 0 aromatic heterocycles. The Balaban J connectivity index is 0.813. The summed E-state index contributed by atoms with van der Waals surface area (Å²) in [6, 6.07) is 0. The van der Waals surface area contributed by atoms with Crippen molar-refractivity contribution >= 4 is 5.97 Å². The molecule has 31 nitrogen and oxygen atoms in total. The summed E-state index contributed by atoms with van der Waals surface area (Å²) >= 11 is 0. The molecule has 6 heterocycles. The van der Waals surface area contributed by atoms with Crippen LogP contribution in [0.1, 0.15) is 113 Å². The van der Waals surface area contributed by atoms with Crippen LogP contribution in [0, 0.1) is 50.2 Å². The van der Waals surface area contributed by atoms with Gasteiger partial charge in [-0.05, 0) is 111 Å². The molecule has 11 rings (SSSR count). The third-order valence-electron chi connectivity index (χ3n) is 29.0. The number of carbonyl (C=O) groups excluding carboxylic acids is 1. The summed E-state index contributed by atoms with van der Waals surface area (Å²) in [7, 11) is 28.7. The van der Waals surface area contributed by atoms with Crippen molar-refractivity contribution in [2.75, 3.05) is 168 Å². The molecular weight excluding hydrogens is 1480 g/mol. The minimum atomic E-state index is -1.13. The third-order valence-corrected chi connectivity index (χ3v) is 29.0. The lowest BCUT2D eigenvalue weighted by molar-refractivity contribution is -0.396. The minimum Gasteiger partial charge on any atom is -0.432 e. The van der Waals surface area contributed by atoms with Crippen molar-refractivity contribution in [3.05, 3.63) is 11.6 Å². The van der Waals surface area contributed by atoms with Gasteiger partial charge in [-0.1, -0.05) is 53.2 Å². The summed E-state index contributed by atoms with van der Waals surface area (Å²) in [5.74, 6) is 0.122.